The zero-order chi connectivity index (χ0) is 18.7. The fourth-order valence-electron chi connectivity index (χ4n) is 3.35. The van der Waals surface area contributed by atoms with E-state index in [2.05, 4.69) is 4.72 Å². The largest absolute Gasteiger partial charge is 0.293 e. The van der Waals surface area contributed by atoms with E-state index >= 15 is 0 Å². The SMILES string of the molecule is Cc1cc(-c2ccccc2)cc(C(=O)CNS(=O)(=O)C2CCCC2)c1F. The molecule has 2 aromatic rings. The Morgan fingerprint density at radius 2 is 1.77 bits per heavy atom. The van der Waals surface area contributed by atoms with Gasteiger partial charge in [0, 0.05) is 0 Å². The summed E-state index contributed by atoms with van der Waals surface area (Å²) < 4.78 is 41.3. The Hall–Kier alpha value is -2.05. The van der Waals surface area contributed by atoms with Crippen LogP contribution in [0.15, 0.2) is 42.5 Å². The molecule has 0 heterocycles. The normalized spacial score (nSPS) is 15.3. The molecule has 2 aromatic carbocycles. The van der Waals surface area contributed by atoms with Gasteiger partial charge in [-0.3, -0.25) is 4.79 Å². The van der Waals surface area contributed by atoms with Crippen LogP contribution in [0.25, 0.3) is 11.1 Å². The molecule has 1 aliphatic carbocycles. The molecule has 0 spiro atoms. The predicted molar refractivity (Wildman–Crippen MR) is 100 cm³/mol. The van der Waals surface area contributed by atoms with E-state index in [1.165, 1.54) is 6.07 Å². The highest BCUT2D eigenvalue weighted by atomic mass is 32.2. The molecule has 0 bridgehead atoms. The first-order chi connectivity index (χ1) is 12.4. The van der Waals surface area contributed by atoms with E-state index in [9.17, 15) is 17.6 Å². The molecule has 0 radical (unpaired) electrons. The van der Waals surface area contributed by atoms with Gasteiger partial charge in [-0.15, -0.1) is 0 Å². The Balaban J connectivity index is 1.81. The molecule has 0 aliphatic heterocycles. The molecule has 6 heteroatoms. The number of rotatable bonds is 6. The lowest BCUT2D eigenvalue weighted by molar-refractivity contribution is 0.0993. The molecule has 0 atom stereocenters. The van der Waals surface area contributed by atoms with Gasteiger partial charge in [0.2, 0.25) is 10.0 Å². The molecule has 1 aliphatic rings. The molecule has 0 amide bonds. The van der Waals surface area contributed by atoms with Crippen LogP contribution in [0.2, 0.25) is 0 Å². The minimum atomic E-state index is -3.54. The van der Waals surface area contributed by atoms with Crippen molar-refractivity contribution in [2.24, 2.45) is 0 Å². The minimum absolute atomic E-state index is 0.0852. The van der Waals surface area contributed by atoms with Gasteiger partial charge in [0.15, 0.2) is 5.78 Å². The number of aryl methyl sites for hydroxylation is 1. The molecule has 1 N–H and O–H groups in total. The first-order valence-electron chi connectivity index (χ1n) is 8.76. The first kappa shape index (κ1) is 18.7. The molecule has 0 unspecified atom stereocenters. The Morgan fingerprint density at radius 1 is 1.12 bits per heavy atom. The van der Waals surface area contributed by atoms with Gasteiger partial charge in [-0.2, -0.15) is 0 Å². The molecule has 4 nitrogen and oxygen atoms in total. The van der Waals surface area contributed by atoms with Crippen molar-refractivity contribution in [3.63, 3.8) is 0 Å². The van der Waals surface area contributed by atoms with Gasteiger partial charge >= 0.3 is 0 Å². The molecule has 3 rings (SSSR count). The highest BCUT2D eigenvalue weighted by molar-refractivity contribution is 7.90. The zero-order valence-electron chi connectivity index (χ0n) is 14.7. The van der Waals surface area contributed by atoms with Crippen molar-refractivity contribution in [3.05, 3.63) is 59.4 Å². The number of halogens is 1. The molecule has 0 saturated heterocycles. The summed E-state index contributed by atoms with van der Waals surface area (Å²) in [6.45, 7) is 1.18. The molecule has 1 saturated carbocycles. The fraction of sp³-hybridized carbons (Fsp3) is 0.350. The van der Waals surface area contributed by atoms with Crippen molar-refractivity contribution in [1.29, 1.82) is 0 Å². The van der Waals surface area contributed by atoms with Crippen LogP contribution in [0.3, 0.4) is 0 Å². The fourth-order valence-corrected chi connectivity index (χ4v) is 4.87. The van der Waals surface area contributed by atoms with Gasteiger partial charge in [-0.05, 0) is 48.6 Å². The molecule has 1 fully saturated rings. The van der Waals surface area contributed by atoms with Crippen molar-refractivity contribution in [2.75, 3.05) is 6.54 Å². The standard InChI is InChI=1S/C20H22FNO3S/c1-14-11-16(15-7-3-2-4-8-15)12-18(20(14)21)19(23)13-22-26(24,25)17-9-5-6-10-17/h2-4,7-8,11-12,17,22H,5-6,9-10,13H2,1H3. The van der Waals surface area contributed by atoms with E-state index in [0.29, 0.717) is 18.4 Å². The van der Waals surface area contributed by atoms with Gasteiger partial charge in [-0.1, -0.05) is 43.2 Å². The van der Waals surface area contributed by atoms with Gasteiger partial charge in [-0.25, -0.2) is 17.5 Å². The first-order valence-corrected chi connectivity index (χ1v) is 10.3. The van der Waals surface area contributed by atoms with Crippen LogP contribution in [0.4, 0.5) is 4.39 Å². The average Bonchev–Trinajstić information content (AvgIpc) is 3.18. The van der Waals surface area contributed by atoms with E-state index in [-0.39, 0.29) is 5.56 Å². The lowest BCUT2D eigenvalue weighted by atomic mass is 9.98. The summed E-state index contributed by atoms with van der Waals surface area (Å²) in [6, 6.07) is 12.5. The van der Waals surface area contributed by atoms with Gasteiger partial charge in [0.1, 0.15) is 5.82 Å². The summed E-state index contributed by atoms with van der Waals surface area (Å²) in [5.74, 6) is -1.17. The maximum Gasteiger partial charge on any atom is 0.214 e. The van der Waals surface area contributed by atoms with Crippen LogP contribution in [0.5, 0.6) is 0 Å². The van der Waals surface area contributed by atoms with E-state index in [1.54, 1.807) is 13.0 Å². The quantitative estimate of drug-likeness (QED) is 0.780. The summed E-state index contributed by atoms with van der Waals surface area (Å²) in [6.07, 6.45) is 2.99. The summed E-state index contributed by atoms with van der Waals surface area (Å²) >= 11 is 0. The predicted octanol–water partition coefficient (Wildman–Crippen LogP) is 3.85. The van der Waals surface area contributed by atoms with E-state index in [0.717, 1.165) is 24.0 Å². The Labute approximate surface area is 153 Å². The van der Waals surface area contributed by atoms with Crippen molar-refractivity contribution in [1.82, 2.24) is 4.72 Å². The minimum Gasteiger partial charge on any atom is -0.293 e. The maximum absolute atomic E-state index is 14.5. The molecule has 138 valence electrons. The Morgan fingerprint density at radius 3 is 2.42 bits per heavy atom. The van der Waals surface area contributed by atoms with Gasteiger partial charge in [0.05, 0.1) is 17.4 Å². The third-order valence-electron chi connectivity index (χ3n) is 4.84. The highest BCUT2D eigenvalue weighted by Gasteiger charge is 2.29. The molecule has 26 heavy (non-hydrogen) atoms. The second-order valence-electron chi connectivity index (χ2n) is 6.72. The summed E-state index contributed by atoms with van der Waals surface area (Å²) in [7, 11) is -3.54. The van der Waals surface area contributed by atoms with Crippen molar-refractivity contribution < 1.29 is 17.6 Å². The van der Waals surface area contributed by atoms with E-state index < -0.39 is 33.4 Å². The number of carbonyl (C=O) groups is 1. The van der Waals surface area contributed by atoms with Crippen LogP contribution in [0.1, 0.15) is 41.6 Å². The van der Waals surface area contributed by atoms with Crippen LogP contribution in [-0.4, -0.2) is 26.0 Å². The zero-order valence-corrected chi connectivity index (χ0v) is 15.5. The number of ketones is 1. The monoisotopic (exact) mass is 375 g/mol. The number of benzene rings is 2. The summed E-state index contributed by atoms with van der Waals surface area (Å²) in [5.41, 5.74) is 1.87. The third kappa shape index (κ3) is 4.02. The second kappa shape index (κ2) is 7.68. The molecular weight excluding hydrogens is 353 g/mol. The topological polar surface area (TPSA) is 63.2 Å². The van der Waals surface area contributed by atoms with Crippen LogP contribution in [0, 0.1) is 12.7 Å². The Kier molecular flexibility index (Phi) is 5.53. The molecular formula is C20H22FNO3S. The lowest BCUT2D eigenvalue weighted by Crippen LogP contribution is -2.36. The van der Waals surface area contributed by atoms with E-state index in [4.69, 9.17) is 0 Å². The lowest BCUT2D eigenvalue weighted by Gasteiger charge is -2.13. The maximum atomic E-state index is 14.5. The smallest absolute Gasteiger partial charge is 0.214 e. The third-order valence-corrected chi connectivity index (χ3v) is 6.73. The number of sulfonamides is 1. The summed E-state index contributed by atoms with van der Waals surface area (Å²) in [4.78, 5) is 12.5. The number of hydrogen-bond donors (Lipinski definition) is 1. The van der Waals surface area contributed by atoms with Crippen molar-refractivity contribution >= 4 is 15.8 Å². The number of Topliss-reactive ketones (excluding diaryl/α,β-unsaturated/α-hetero) is 1. The van der Waals surface area contributed by atoms with Crippen LogP contribution < -0.4 is 4.72 Å². The number of hydrogen-bond acceptors (Lipinski definition) is 3. The average molecular weight is 375 g/mol. The van der Waals surface area contributed by atoms with Crippen LogP contribution >= 0.6 is 0 Å². The van der Waals surface area contributed by atoms with Crippen molar-refractivity contribution in [2.45, 2.75) is 37.9 Å². The van der Waals surface area contributed by atoms with Crippen LogP contribution in [-0.2, 0) is 10.0 Å². The second-order valence-corrected chi connectivity index (χ2v) is 8.76. The van der Waals surface area contributed by atoms with Gasteiger partial charge in [0.25, 0.3) is 0 Å². The number of nitrogens with one attached hydrogen (secondary N) is 1. The van der Waals surface area contributed by atoms with E-state index in [1.807, 2.05) is 30.3 Å². The highest BCUT2D eigenvalue weighted by Crippen LogP contribution is 2.26. The molecule has 0 aromatic heterocycles. The van der Waals surface area contributed by atoms with Gasteiger partial charge < -0.3 is 0 Å². The van der Waals surface area contributed by atoms with Crippen molar-refractivity contribution in [3.8, 4) is 11.1 Å². The summed E-state index contributed by atoms with van der Waals surface area (Å²) in [5, 5.41) is -0.447. The Bertz CT molecular complexity index is 904. The number of carbonyl (C=O) groups excluding carboxylic acids is 1.